The third-order valence-corrected chi connectivity index (χ3v) is 1.60. The molecule has 0 aliphatic rings. The number of hydrogen-bond acceptors (Lipinski definition) is 5. The van der Waals surface area contributed by atoms with Crippen LogP contribution in [0.1, 0.15) is 19.8 Å². The minimum absolute atomic E-state index is 0.402. The summed E-state index contributed by atoms with van der Waals surface area (Å²) >= 11 is 0. The fourth-order valence-electron chi connectivity index (χ4n) is 0.795. The monoisotopic (exact) mass is 174 g/mol. The number of carbonyl (C=O) groups excluding carboxylic acids is 1. The number of hydrogen-bond donors (Lipinski definition) is 3. The molecule has 0 aliphatic heterocycles. The van der Waals surface area contributed by atoms with E-state index in [1.165, 1.54) is 0 Å². The van der Waals surface area contributed by atoms with Gasteiger partial charge in [-0.15, -0.1) is 0 Å². The molecule has 0 heterocycles. The highest BCUT2D eigenvalue weighted by molar-refractivity contribution is 5.66. The van der Waals surface area contributed by atoms with Gasteiger partial charge < -0.3 is 21.4 Å². The van der Waals surface area contributed by atoms with Crippen molar-refractivity contribution < 1.29 is 9.90 Å². The van der Waals surface area contributed by atoms with E-state index in [9.17, 15) is 9.90 Å². The maximum Gasteiger partial charge on any atom is 0.106 e. The molecule has 0 spiro atoms. The normalized spacial score (nSPS) is 13.3. The Bertz CT molecular complexity index is 139. The molecule has 1 atom stereocenters. The van der Waals surface area contributed by atoms with E-state index in [0.717, 1.165) is 6.42 Å². The first-order valence-corrected chi connectivity index (χ1v) is 3.99. The van der Waals surface area contributed by atoms with Crippen LogP contribution in [0.25, 0.3) is 0 Å². The van der Waals surface area contributed by atoms with Crippen LogP contribution in [0.2, 0.25) is 0 Å². The molecule has 0 radical (unpaired) electrons. The predicted molar refractivity (Wildman–Crippen MR) is 43.6 cm³/mol. The Labute approximate surface area is 72.1 Å². The van der Waals surface area contributed by atoms with E-state index in [-0.39, 0.29) is 0 Å². The van der Waals surface area contributed by atoms with Crippen LogP contribution < -0.4 is 21.9 Å². The van der Waals surface area contributed by atoms with Gasteiger partial charge in [-0.1, -0.05) is 6.92 Å². The molecule has 0 aromatic carbocycles. The van der Waals surface area contributed by atoms with E-state index in [2.05, 4.69) is 5.32 Å². The largest absolute Gasteiger partial charge is 0.550 e. The Morgan fingerprint density at radius 2 is 2.17 bits per heavy atom. The van der Waals surface area contributed by atoms with Crippen LogP contribution in [0.5, 0.6) is 0 Å². The summed E-state index contributed by atoms with van der Waals surface area (Å²) in [6.07, 6.45) is 0.797. The summed E-state index contributed by atoms with van der Waals surface area (Å²) < 4.78 is 0. The van der Waals surface area contributed by atoms with Gasteiger partial charge in [-0.05, 0) is 25.3 Å². The van der Waals surface area contributed by atoms with Crippen molar-refractivity contribution in [2.24, 2.45) is 17.4 Å². The van der Waals surface area contributed by atoms with Crippen LogP contribution in [0, 0.1) is 5.92 Å². The van der Waals surface area contributed by atoms with Crippen LogP contribution in [0.15, 0.2) is 0 Å². The lowest BCUT2D eigenvalue weighted by Crippen LogP contribution is -2.45. The summed E-state index contributed by atoms with van der Waals surface area (Å²) in [5.74, 6) is -1.41. The van der Waals surface area contributed by atoms with Crippen molar-refractivity contribution >= 4 is 5.97 Å². The minimum atomic E-state index is -1.01. The molecule has 0 saturated carbocycles. The molecule has 72 valence electrons. The van der Waals surface area contributed by atoms with Crippen LogP contribution in [0.4, 0.5) is 0 Å². The zero-order chi connectivity index (χ0) is 9.56. The van der Waals surface area contributed by atoms with Crippen molar-refractivity contribution in [2.45, 2.75) is 26.1 Å². The van der Waals surface area contributed by atoms with E-state index in [4.69, 9.17) is 11.5 Å². The number of carboxylic acids is 1. The van der Waals surface area contributed by atoms with E-state index in [0.29, 0.717) is 13.0 Å². The van der Waals surface area contributed by atoms with Crippen LogP contribution in [-0.4, -0.2) is 18.8 Å². The lowest BCUT2D eigenvalue weighted by molar-refractivity contribution is -0.311. The van der Waals surface area contributed by atoms with Crippen molar-refractivity contribution in [1.82, 2.24) is 5.32 Å². The average molecular weight is 174 g/mol. The van der Waals surface area contributed by atoms with Gasteiger partial charge in [0.05, 0.1) is 0 Å². The molecule has 0 aromatic rings. The maximum absolute atomic E-state index is 10.2. The molecule has 0 bridgehead atoms. The fourth-order valence-corrected chi connectivity index (χ4v) is 0.795. The van der Waals surface area contributed by atoms with Gasteiger partial charge >= 0.3 is 0 Å². The molecule has 5 heteroatoms. The summed E-state index contributed by atoms with van der Waals surface area (Å²) in [5.41, 5.74) is 10.4. The summed E-state index contributed by atoms with van der Waals surface area (Å²) in [4.78, 5) is 10.2. The van der Waals surface area contributed by atoms with Crippen molar-refractivity contribution in [3.63, 3.8) is 0 Å². The second-order valence-electron chi connectivity index (χ2n) is 2.84. The summed E-state index contributed by atoms with van der Waals surface area (Å²) in [7, 11) is 0. The van der Waals surface area contributed by atoms with Crippen molar-refractivity contribution in [3.05, 3.63) is 0 Å². The number of carboxylic acid groups (broad SMARTS) is 1. The molecule has 0 amide bonds. The second kappa shape index (κ2) is 5.93. The molecule has 12 heavy (non-hydrogen) atoms. The second-order valence-corrected chi connectivity index (χ2v) is 2.84. The number of carbonyl (C=O) groups is 1. The first-order valence-electron chi connectivity index (χ1n) is 3.99. The van der Waals surface area contributed by atoms with Crippen LogP contribution in [-0.2, 0) is 4.79 Å². The Hall–Kier alpha value is -0.650. The van der Waals surface area contributed by atoms with Gasteiger partial charge in [-0.2, -0.15) is 0 Å². The van der Waals surface area contributed by atoms with Crippen molar-refractivity contribution in [2.75, 3.05) is 6.54 Å². The lowest BCUT2D eigenvalue weighted by atomic mass is 10.1. The first kappa shape index (κ1) is 11.4. The van der Waals surface area contributed by atoms with Gasteiger partial charge in [0, 0.05) is 5.97 Å². The predicted octanol–water partition coefficient (Wildman–Crippen LogP) is -2.06. The number of nitrogens with one attached hydrogen (secondary N) is 1. The number of rotatable bonds is 6. The van der Waals surface area contributed by atoms with Gasteiger partial charge in [0.2, 0.25) is 0 Å². The Balaban J connectivity index is 3.25. The maximum atomic E-state index is 10.2. The zero-order valence-corrected chi connectivity index (χ0v) is 7.25. The van der Waals surface area contributed by atoms with Gasteiger partial charge in [0.15, 0.2) is 0 Å². The number of aliphatic carboxylic acids is 1. The highest BCUT2D eigenvalue weighted by atomic mass is 16.4. The van der Waals surface area contributed by atoms with Crippen molar-refractivity contribution in [3.8, 4) is 0 Å². The minimum Gasteiger partial charge on any atom is -0.550 e. The molecular weight excluding hydrogens is 158 g/mol. The third kappa shape index (κ3) is 6.09. The quantitative estimate of drug-likeness (QED) is 0.317. The van der Waals surface area contributed by atoms with E-state index in [1.54, 1.807) is 6.92 Å². The summed E-state index contributed by atoms with van der Waals surface area (Å²) in [5, 5.41) is 13.0. The Kier molecular flexibility index (Phi) is 5.61. The number of nitrogens with two attached hydrogens (primary N) is 2. The van der Waals surface area contributed by atoms with E-state index >= 15 is 0 Å². The van der Waals surface area contributed by atoms with Gasteiger partial charge in [-0.3, -0.25) is 5.32 Å². The van der Waals surface area contributed by atoms with Gasteiger partial charge in [-0.25, -0.2) is 0 Å². The third-order valence-electron chi connectivity index (χ3n) is 1.60. The molecule has 0 aromatic heterocycles. The molecule has 0 saturated heterocycles. The first-order chi connectivity index (χ1) is 5.54. The van der Waals surface area contributed by atoms with Crippen LogP contribution in [0.3, 0.4) is 0 Å². The van der Waals surface area contributed by atoms with E-state index < -0.39 is 18.2 Å². The molecule has 0 fully saturated rings. The molecule has 0 aliphatic carbocycles. The highest BCUT2D eigenvalue weighted by Gasteiger charge is 2.01. The van der Waals surface area contributed by atoms with Gasteiger partial charge in [0.1, 0.15) is 6.29 Å². The van der Waals surface area contributed by atoms with Crippen LogP contribution >= 0.6 is 0 Å². The topological polar surface area (TPSA) is 104 Å². The molecule has 5 N–H and O–H groups in total. The Morgan fingerprint density at radius 1 is 1.58 bits per heavy atom. The summed E-state index contributed by atoms with van der Waals surface area (Å²) in [6, 6.07) is 0. The summed E-state index contributed by atoms with van der Waals surface area (Å²) in [6.45, 7) is 2.26. The molecule has 0 rings (SSSR count). The molecule has 1 unspecified atom stereocenters. The SMILES string of the molecule is CC(CCCNC(N)N)C(=O)[O-]. The fraction of sp³-hybridized carbons (Fsp3) is 0.857. The Morgan fingerprint density at radius 3 is 2.58 bits per heavy atom. The standard InChI is InChI=1S/C7H17N3O2/c1-5(6(11)12)3-2-4-10-7(8)9/h5,7,10H,2-4,8-9H2,1H3,(H,11,12)/p-1. The van der Waals surface area contributed by atoms with Gasteiger partial charge in [0.25, 0.3) is 0 Å². The lowest BCUT2D eigenvalue weighted by Gasteiger charge is -2.13. The highest BCUT2D eigenvalue weighted by Crippen LogP contribution is 2.02. The average Bonchev–Trinajstić information content (AvgIpc) is 1.97. The van der Waals surface area contributed by atoms with Crippen molar-refractivity contribution in [1.29, 1.82) is 0 Å². The smallest absolute Gasteiger partial charge is 0.106 e. The molecule has 5 nitrogen and oxygen atoms in total. The zero-order valence-electron chi connectivity index (χ0n) is 7.25. The van der Waals surface area contributed by atoms with E-state index in [1.807, 2.05) is 0 Å². The molecular formula is C7H16N3O2-.